The molecule has 0 N–H and O–H groups in total. The van der Waals surface area contributed by atoms with Crippen LogP contribution in [0.4, 0.5) is 16.7 Å². The fourth-order valence-corrected chi connectivity index (χ4v) is 5.76. The molecule has 3 aliphatic heterocycles. The Morgan fingerprint density at radius 3 is 2.07 bits per heavy atom. The molecule has 3 fully saturated rings. The second kappa shape index (κ2) is 12.6. The van der Waals surface area contributed by atoms with Crippen molar-refractivity contribution in [2.75, 3.05) is 62.4 Å². The number of rotatable bonds is 7. The summed E-state index contributed by atoms with van der Waals surface area (Å²) in [4.78, 5) is 45.2. The highest BCUT2D eigenvalue weighted by Crippen LogP contribution is 2.34. The molecule has 2 amide bonds. The number of hydrogen-bond donors (Lipinski definition) is 0. The van der Waals surface area contributed by atoms with Gasteiger partial charge in [0.2, 0.25) is 11.9 Å². The lowest BCUT2D eigenvalue weighted by Gasteiger charge is -2.30. The molecule has 0 bridgehead atoms. The van der Waals surface area contributed by atoms with Crippen molar-refractivity contribution in [1.82, 2.24) is 19.9 Å². The van der Waals surface area contributed by atoms with E-state index in [2.05, 4.69) is 35.7 Å². The first kappa shape index (κ1) is 27.6. The molecule has 1 aromatic heterocycles. The van der Waals surface area contributed by atoms with Gasteiger partial charge in [0.05, 0.1) is 37.9 Å². The minimum atomic E-state index is -0.312. The second-order valence-electron chi connectivity index (χ2n) is 9.45. The number of ether oxygens (including phenoxy) is 3. The topological polar surface area (TPSA) is 110 Å². The molecule has 0 unspecified atom stereocenters. The molecule has 0 radical (unpaired) electrons. The van der Waals surface area contributed by atoms with Gasteiger partial charge in [0.25, 0.3) is 11.1 Å². The highest BCUT2D eigenvalue weighted by Gasteiger charge is 2.35. The maximum Gasteiger partial charge on any atom is 0.328 e. The molecule has 3 saturated heterocycles. The van der Waals surface area contributed by atoms with Crippen LogP contribution >= 0.6 is 27.7 Å². The van der Waals surface area contributed by atoms with Crippen molar-refractivity contribution in [3.05, 3.63) is 69.0 Å². The molecule has 0 aliphatic carbocycles. The van der Waals surface area contributed by atoms with Crippen LogP contribution in [0.1, 0.15) is 11.1 Å². The van der Waals surface area contributed by atoms with E-state index in [4.69, 9.17) is 19.2 Å². The number of amides is 2. The zero-order chi connectivity index (χ0) is 28.2. The van der Waals surface area contributed by atoms with Crippen LogP contribution < -0.4 is 14.5 Å². The third-order valence-corrected chi connectivity index (χ3v) is 8.41. The van der Waals surface area contributed by atoms with E-state index in [0.717, 1.165) is 27.4 Å². The van der Waals surface area contributed by atoms with E-state index in [0.29, 0.717) is 75.2 Å². The predicted octanol–water partition coefficient (Wildman–Crippen LogP) is 4.34. The minimum Gasteiger partial charge on any atom is -0.424 e. The van der Waals surface area contributed by atoms with E-state index in [9.17, 15) is 9.59 Å². The van der Waals surface area contributed by atoms with Crippen LogP contribution in [0.3, 0.4) is 0 Å². The fourth-order valence-electron chi connectivity index (χ4n) is 4.51. The van der Waals surface area contributed by atoms with Gasteiger partial charge in [-0.05, 0) is 47.2 Å². The van der Waals surface area contributed by atoms with Gasteiger partial charge in [-0.3, -0.25) is 14.5 Å². The lowest BCUT2D eigenvalue weighted by Crippen LogP contribution is -2.40. The van der Waals surface area contributed by atoms with Gasteiger partial charge in [-0.2, -0.15) is 15.0 Å². The molecule has 11 nitrogen and oxygen atoms in total. The molecule has 41 heavy (non-hydrogen) atoms. The third kappa shape index (κ3) is 6.53. The summed E-state index contributed by atoms with van der Waals surface area (Å²) >= 11 is 4.42. The van der Waals surface area contributed by atoms with Gasteiger partial charge in [-0.25, -0.2) is 0 Å². The fraction of sp³-hybridized carbons (Fsp3) is 0.321. The highest BCUT2D eigenvalue weighted by molar-refractivity contribution is 9.10. The number of imide groups is 1. The van der Waals surface area contributed by atoms with Crippen LogP contribution in [-0.2, 0) is 20.8 Å². The van der Waals surface area contributed by atoms with Gasteiger partial charge in [0.15, 0.2) is 0 Å². The normalized spacial score (nSPS) is 18.9. The molecule has 0 atom stereocenters. The van der Waals surface area contributed by atoms with E-state index in [1.54, 1.807) is 18.2 Å². The van der Waals surface area contributed by atoms with Gasteiger partial charge in [0, 0.05) is 30.7 Å². The Morgan fingerprint density at radius 2 is 1.46 bits per heavy atom. The van der Waals surface area contributed by atoms with Crippen LogP contribution in [0, 0.1) is 0 Å². The van der Waals surface area contributed by atoms with Crippen molar-refractivity contribution < 1.29 is 23.8 Å². The quantitative estimate of drug-likeness (QED) is 0.345. The van der Waals surface area contributed by atoms with Gasteiger partial charge >= 0.3 is 6.01 Å². The number of hydrogen-bond acceptors (Lipinski definition) is 11. The largest absolute Gasteiger partial charge is 0.424 e. The molecule has 0 saturated carbocycles. The Balaban J connectivity index is 1.17. The average Bonchev–Trinajstić information content (AvgIpc) is 3.27. The summed E-state index contributed by atoms with van der Waals surface area (Å²) in [5.74, 6) is 1.33. The zero-order valence-electron chi connectivity index (χ0n) is 22.1. The lowest BCUT2D eigenvalue weighted by atomic mass is 10.2. The van der Waals surface area contributed by atoms with Crippen LogP contribution in [0.2, 0.25) is 0 Å². The summed E-state index contributed by atoms with van der Waals surface area (Å²) in [5, 5.41) is -0.293. The first-order valence-electron chi connectivity index (χ1n) is 13.2. The number of carbonyl (C=O) groups excluding carboxylic acids is 2. The molecule has 6 rings (SSSR count). The molecule has 0 spiro atoms. The molecule has 3 aromatic rings. The van der Waals surface area contributed by atoms with Crippen LogP contribution in [0.5, 0.6) is 11.8 Å². The summed E-state index contributed by atoms with van der Waals surface area (Å²) < 4.78 is 17.9. The number of morpholine rings is 2. The van der Waals surface area contributed by atoms with Crippen LogP contribution in [0.15, 0.2) is 57.9 Å². The Kier molecular flexibility index (Phi) is 8.46. The maximum atomic E-state index is 13.0. The van der Waals surface area contributed by atoms with Crippen molar-refractivity contribution in [3.63, 3.8) is 0 Å². The Morgan fingerprint density at radius 1 is 0.854 bits per heavy atom. The molecular formula is C28H27BrN6O5S. The molecule has 3 aliphatic rings. The third-order valence-electron chi connectivity index (χ3n) is 6.73. The average molecular weight is 640 g/mol. The zero-order valence-corrected chi connectivity index (χ0v) is 24.5. The number of benzene rings is 2. The van der Waals surface area contributed by atoms with E-state index < -0.39 is 0 Å². The maximum absolute atomic E-state index is 13.0. The minimum absolute atomic E-state index is 0.198. The van der Waals surface area contributed by atoms with E-state index >= 15 is 0 Å². The van der Waals surface area contributed by atoms with Crippen molar-refractivity contribution in [1.29, 1.82) is 0 Å². The first-order chi connectivity index (χ1) is 20.0. The number of anilines is 2. The summed E-state index contributed by atoms with van der Waals surface area (Å²) in [6, 6.07) is 14.9. The molecule has 2 aromatic carbocycles. The summed E-state index contributed by atoms with van der Waals surface area (Å²) in [7, 11) is 0. The molecule has 4 heterocycles. The van der Waals surface area contributed by atoms with E-state index in [1.165, 1.54) is 4.90 Å². The summed E-state index contributed by atoms with van der Waals surface area (Å²) in [6.45, 7) is 5.41. The standard InChI is InChI=1S/C28H27BrN6O5S/c29-22-4-2-1-3-20(22)18-35-24(36)23(41-28(35)37)17-19-5-7-21(8-6-19)40-27-31-25(33-9-13-38-14-10-33)30-26(32-27)34-11-15-39-16-12-34/h1-8,17H,9-16,18H2/b23-17-. The van der Waals surface area contributed by atoms with Gasteiger partial charge in [-0.1, -0.05) is 46.3 Å². The number of nitrogens with zero attached hydrogens (tertiary/aromatic N) is 6. The Hall–Kier alpha value is -3.52. The van der Waals surface area contributed by atoms with Crippen molar-refractivity contribution in [2.45, 2.75) is 6.54 Å². The molecular weight excluding hydrogens is 612 g/mol. The second-order valence-corrected chi connectivity index (χ2v) is 11.3. The van der Waals surface area contributed by atoms with Gasteiger partial charge in [0.1, 0.15) is 5.75 Å². The summed E-state index contributed by atoms with van der Waals surface area (Å²) in [6.07, 6.45) is 1.71. The van der Waals surface area contributed by atoms with E-state index in [-0.39, 0.29) is 23.7 Å². The van der Waals surface area contributed by atoms with Crippen molar-refractivity contribution in [3.8, 4) is 11.8 Å². The lowest BCUT2D eigenvalue weighted by molar-refractivity contribution is -0.123. The number of thioether (sulfide) groups is 1. The Labute approximate surface area is 249 Å². The summed E-state index contributed by atoms with van der Waals surface area (Å²) in [5.41, 5.74) is 1.63. The SMILES string of the molecule is O=C1S/C(=C\c2ccc(Oc3nc(N4CCOCC4)nc(N4CCOCC4)n3)cc2)C(=O)N1Cc1ccccc1Br. The van der Waals surface area contributed by atoms with Gasteiger partial charge in [-0.15, -0.1) is 0 Å². The Bertz CT molecular complexity index is 1420. The molecule has 13 heteroatoms. The van der Waals surface area contributed by atoms with Gasteiger partial charge < -0.3 is 24.0 Å². The number of halogens is 1. The number of aromatic nitrogens is 3. The smallest absolute Gasteiger partial charge is 0.328 e. The highest BCUT2D eigenvalue weighted by atomic mass is 79.9. The number of carbonyl (C=O) groups is 2. The van der Waals surface area contributed by atoms with Crippen LogP contribution in [0.25, 0.3) is 6.08 Å². The van der Waals surface area contributed by atoms with Crippen molar-refractivity contribution >= 4 is 56.8 Å². The van der Waals surface area contributed by atoms with Crippen molar-refractivity contribution in [2.24, 2.45) is 0 Å². The van der Waals surface area contributed by atoms with Crippen LogP contribution in [-0.4, -0.2) is 83.6 Å². The first-order valence-corrected chi connectivity index (χ1v) is 14.8. The van der Waals surface area contributed by atoms with E-state index in [1.807, 2.05) is 36.4 Å². The predicted molar refractivity (Wildman–Crippen MR) is 158 cm³/mol. The molecule has 212 valence electrons. The monoisotopic (exact) mass is 638 g/mol.